The summed E-state index contributed by atoms with van der Waals surface area (Å²) in [5.74, 6) is -1.92. The van der Waals surface area contributed by atoms with Crippen molar-refractivity contribution in [1.29, 1.82) is 5.41 Å². The van der Waals surface area contributed by atoms with Gasteiger partial charge in [0.25, 0.3) is 0 Å². The van der Waals surface area contributed by atoms with Crippen LogP contribution in [-0.2, 0) is 14.3 Å². The molecule has 0 saturated heterocycles. The maximum atomic E-state index is 13.5. The van der Waals surface area contributed by atoms with Crippen molar-refractivity contribution in [3.63, 3.8) is 0 Å². The van der Waals surface area contributed by atoms with Crippen LogP contribution in [0.2, 0.25) is 0 Å². The molecule has 2 rings (SSSR count). The second-order valence-electron chi connectivity index (χ2n) is 7.37. The van der Waals surface area contributed by atoms with Crippen LogP contribution in [-0.4, -0.2) is 31.2 Å². The highest BCUT2D eigenvalue weighted by Gasteiger charge is 2.26. The Labute approximate surface area is 204 Å². The van der Waals surface area contributed by atoms with Gasteiger partial charge in [-0.1, -0.05) is 49.6 Å². The molecule has 0 radical (unpaired) electrons. The lowest BCUT2D eigenvalue weighted by Gasteiger charge is -2.26. The number of nitrogens with one attached hydrogen (secondary N) is 3. The fourth-order valence-corrected chi connectivity index (χ4v) is 3.09. The minimum atomic E-state index is -1.00. The first-order chi connectivity index (χ1) is 16.8. The first-order valence-electron chi connectivity index (χ1n) is 10.7. The molecule has 1 unspecified atom stereocenters. The van der Waals surface area contributed by atoms with E-state index in [1.807, 2.05) is 30.3 Å². The third kappa shape index (κ3) is 8.12. The summed E-state index contributed by atoms with van der Waals surface area (Å²) in [5.41, 5.74) is 2.25. The molecule has 2 aromatic rings. The summed E-state index contributed by atoms with van der Waals surface area (Å²) in [6.07, 6.45) is 5.77. The number of rotatable bonds is 11. The summed E-state index contributed by atoms with van der Waals surface area (Å²) >= 11 is 0. The van der Waals surface area contributed by atoms with Crippen LogP contribution in [0, 0.1) is 5.41 Å². The largest absolute Gasteiger partial charge is 0.484 e. The molecule has 0 saturated carbocycles. The molecule has 2 atom stereocenters. The summed E-state index contributed by atoms with van der Waals surface area (Å²) < 4.78 is 24.2. The van der Waals surface area contributed by atoms with Crippen LogP contribution in [0.25, 0.3) is 0 Å². The monoisotopic (exact) mass is 477 g/mol. The summed E-state index contributed by atoms with van der Waals surface area (Å²) in [6.45, 7) is 8.98. The van der Waals surface area contributed by atoms with Gasteiger partial charge in [0.15, 0.2) is 0 Å². The number of hydrogen-bond acceptors (Lipinski definition) is 6. The van der Waals surface area contributed by atoms with Crippen LogP contribution in [0.1, 0.15) is 24.2 Å². The Hall–Kier alpha value is -4.46. The Balaban J connectivity index is 2.25. The van der Waals surface area contributed by atoms with Crippen molar-refractivity contribution in [3.05, 3.63) is 109 Å². The molecule has 0 aliphatic rings. The van der Waals surface area contributed by atoms with Crippen LogP contribution in [0.5, 0.6) is 5.75 Å². The molecule has 0 bridgehead atoms. The fraction of sp³-hybridized carbons (Fsp3) is 0.148. The number of halogens is 1. The lowest BCUT2D eigenvalue weighted by Crippen LogP contribution is -2.42. The Bertz CT molecular complexity index is 1140. The standard InChI is InChI=1S/C27H28FN3O4/c1-5-9-22(28)13-12-18(2)30-24-15-14-23(16-21(24)17-29)35-25(20-10-7-6-8-11-20)19(3)31-26(32)27(33)34-4/h5-17,19,25,29-30H,1-2H2,3-4H3,(H,31,32)/b13-12-,22-9+,29-17?/t19?,25-/m0/s1. The van der Waals surface area contributed by atoms with Gasteiger partial charge >= 0.3 is 11.9 Å². The highest BCUT2D eigenvalue weighted by atomic mass is 19.1. The predicted octanol–water partition coefficient (Wildman–Crippen LogP) is 5.00. The first-order valence-corrected chi connectivity index (χ1v) is 10.7. The lowest BCUT2D eigenvalue weighted by molar-refractivity contribution is -0.153. The van der Waals surface area contributed by atoms with Gasteiger partial charge in [-0.15, -0.1) is 0 Å². The molecule has 0 heterocycles. The highest BCUT2D eigenvalue weighted by Crippen LogP contribution is 2.28. The summed E-state index contributed by atoms with van der Waals surface area (Å²) in [4.78, 5) is 23.6. The zero-order chi connectivity index (χ0) is 25.8. The van der Waals surface area contributed by atoms with Crippen LogP contribution < -0.4 is 15.4 Å². The number of carbonyl (C=O) groups is 2. The SMILES string of the molecule is C=C/C=C(F)\C=C/C(=C)Nc1ccc(O[C@H](c2ccccc2)C(C)NC(=O)C(=O)OC)cc1C=N. The van der Waals surface area contributed by atoms with Gasteiger partial charge in [-0.25, -0.2) is 9.18 Å². The van der Waals surface area contributed by atoms with Gasteiger partial charge in [0.05, 0.1) is 13.2 Å². The second-order valence-corrected chi connectivity index (χ2v) is 7.37. The minimum absolute atomic E-state index is 0.413. The number of methoxy groups -OCH3 is 1. The first kappa shape index (κ1) is 26.8. The molecular weight excluding hydrogens is 449 g/mol. The number of carbonyl (C=O) groups excluding carboxylic acids is 2. The van der Waals surface area contributed by atoms with Gasteiger partial charge < -0.3 is 25.5 Å². The van der Waals surface area contributed by atoms with Gasteiger partial charge in [0.2, 0.25) is 0 Å². The Morgan fingerprint density at radius 1 is 1.14 bits per heavy atom. The molecule has 0 fully saturated rings. The van der Waals surface area contributed by atoms with E-state index in [9.17, 15) is 14.0 Å². The van der Waals surface area contributed by atoms with Gasteiger partial charge in [0.1, 0.15) is 17.7 Å². The van der Waals surface area contributed by atoms with E-state index in [1.54, 1.807) is 25.1 Å². The number of anilines is 1. The van der Waals surface area contributed by atoms with E-state index in [0.29, 0.717) is 22.7 Å². The topological polar surface area (TPSA) is 101 Å². The molecule has 3 N–H and O–H groups in total. The number of esters is 1. The highest BCUT2D eigenvalue weighted by molar-refractivity contribution is 6.32. The third-order valence-electron chi connectivity index (χ3n) is 4.77. The maximum Gasteiger partial charge on any atom is 0.396 e. The van der Waals surface area contributed by atoms with E-state index in [1.165, 1.54) is 24.3 Å². The molecule has 182 valence electrons. The zero-order valence-electron chi connectivity index (χ0n) is 19.6. The third-order valence-corrected chi connectivity index (χ3v) is 4.77. The maximum absolute atomic E-state index is 13.5. The molecule has 0 aromatic heterocycles. The van der Waals surface area contributed by atoms with Crippen molar-refractivity contribution in [2.24, 2.45) is 0 Å². The van der Waals surface area contributed by atoms with E-state index in [0.717, 1.165) is 18.9 Å². The van der Waals surface area contributed by atoms with Crippen molar-refractivity contribution >= 4 is 23.8 Å². The molecule has 0 spiro atoms. The molecule has 0 aliphatic heterocycles. The van der Waals surface area contributed by atoms with Crippen molar-refractivity contribution in [2.45, 2.75) is 19.1 Å². The number of ether oxygens (including phenoxy) is 2. The van der Waals surface area contributed by atoms with Crippen LogP contribution in [0.15, 0.2) is 97.5 Å². The quantitative estimate of drug-likeness (QED) is 0.183. The van der Waals surface area contributed by atoms with E-state index in [4.69, 9.17) is 10.1 Å². The van der Waals surface area contributed by atoms with Gasteiger partial charge in [-0.05, 0) is 48.9 Å². The van der Waals surface area contributed by atoms with Crippen LogP contribution in [0.4, 0.5) is 10.1 Å². The molecule has 1 amide bonds. The summed E-state index contributed by atoms with van der Waals surface area (Å²) in [6, 6.07) is 13.7. The van der Waals surface area contributed by atoms with E-state index < -0.39 is 29.8 Å². The average molecular weight is 478 g/mol. The Morgan fingerprint density at radius 2 is 1.86 bits per heavy atom. The van der Waals surface area contributed by atoms with Gasteiger partial charge in [-0.3, -0.25) is 4.79 Å². The second kappa shape index (κ2) is 13.3. The average Bonchev–Trinajstić information content (AvgIpc) is 2.86. The van der Waals surface area contributed by atoms with Crippen molar-refractivity contribution in [1.82, 2.24) is 5.32 Å². The van der Waals surface area contributed by atoms with Crippen molar-refractivity contribution in [3.8, 4) is 5.75 Å². The predicted molar refractivity (Wildman–Crippen MR) is 135 cm³/mol. The van der Waals surface area contributed by atoms with Crippen molar-refractivity contribution < 1.29 is 23.5 Å². The summed E-state index contributed by atoms with van der Waals surface area (Å²) in [5, 5.41) is 13.4. The smallest absolute Gasteiger partial charge is 0.396 e. The Morgan fingerprint density at radius 3 is 2.49 bits per heavy atom. The summed E-state index contributed by atoms with van der Waals surface area (Å²) in [7, 11) is 1.13. The zero-order valence-corrected chi connectivity index (χ0v) is 19.6. The molecule has 7 nitrogen and oxygen atoms in total. The number of amides is 1. The van der Waals surface area contributed by atoms with E-state index in [2.05, 4.69) is 28.5 Å². The fourth-order valence-electron chi connectivity index (χ4n) is 3.09. The molecule has 8 heteroatoms. The van der Waals surface area contributed by atoms with E-state index in [-0.39, 0.29) is 0 Å². The number of allylic oxidation sites excluding steroid dienone is 5. The molecular formula is C27H28FN3O4. The van der Waals surface area contributed by atoms with Gasteiger partial charge in [-0.2, -0.15) is 0 Å². The lowest BCUT2D eigenvalue weighted by atomic mass is 10.0. The number of benzene rings is 2. The van der Waals surface area contributed by atoms with E-state index >= 15 is 0 Å². The van der Waals surface area contributed by atoms with Crippen LogP contribution >= 0.6 is 0 Å². The number of hydrogen-bond donors (Lipinski definition) is 3. The molecule has 2 aromatic carbocycles. The van der Waals surface area contributed by atoms with Crippen molar-refractivity contribution in [2.75, 3.05) is 12.4 Å². The normalized spacial score (nSPS) is 12.8. The van der Waals surface area contributed by atoms with Gasteiger partial charge in [0, 0.05) is 23.2 Å². The minimum Gasteiger partial charge on any atom is -0.484 e. The molecule has 35 heavy (non-hydrogen) atoms. The molecule has 0 aliphatic carbocycles. The Kier molecular flexibility index (Phi) is 10.2. The van der Waals surface area contributed by atoms with Crippen LogP contribution in [0.3, 0.4) is 0 Å².